The zero-order valence-corrected chi connectivity index (χ0v) is 12.3. The van der Waals surface area contributed by atoms with Crippen LogP contribution in [0.2, 0.25) is 0 Å². The van der Waals surface area contributed by atoms with Gasteiger partial charge in [-0.25, -0.2) is 0 Å². The molecule has 0 aliphatic rings. The predicted molar refractivity (Wildman–Crippen MR) is 72.8 cm³/mol. The lowest BCUT2D eigenvalue weighted by atomic mass is 10.1. The molecule has 21 heavy (non-hydrogen) atoms. The molecule has 0 saturated carbocycles. The van der Waals surface area contributed by atoms with Crippen molar-refractivity contribution in [2.75, 3.05) is 34.5 Å². The largest absolute Gasteiger partial charge is 0.497 e. The van der Waals surface area contributed by atoms with E-state index < -0.39 is 12.6 Å². The second kappa shape index (κ2) is 8.09. The van der Waals surface area contributed by atoms with Crippen molar-refractivity contribution in [1.29, 1.82) is 0 Å². The Balaban J connectivity index is 2.70. The molecule has 0 aliphatic carbocycles. The number of ether oxygens (including phenoxy) is 3. The van der Waals surface area contributed by atoms with Crippen LogP contribution >= 0.6 is 0 Å². The van der Waals surface area contributed by atoms with Crippen LogP contribution in [0.3, 0.4) is 0 Å². The molecule has 1 rings (SSSR count). The molecule has 120 valence electrons. The van der Waals surface area contributed by atoms with Gasteiger partial charge in [-0.2, -0.15) is 13.2 Å². The topological polar surface area (TPSA) is 39.7 Å². The SMILES string of the molecule is CNC(COCCC(F)(F)F)c1cc(OC)ccc1OC. The van der Waals surface area contributed by atoms with Gasteiger partial charge in [0.1, 0.15) is 11.5 Å². The van der Waals surface area contributed by atoms with Gasteiger partial charge in [-0.15, -0.1) is 0 Å². The smallest absolute Gasteiger partial charge is 0.391 e. The van der Waals surface area contributed by atoms with Gasteiger partial charge in [0.15, 0.2) is 0 Å². The number of hydrogen-bond donors (Lipinski definition) is 1. The molecule has 1 N–H and O–H groups in total. The molecule has 1 atom stereocenters. The van der Waals surface area contributed by atoms with Gasteiger partial charge in [-0.05, 0) is 25.2 Å². The quantitative estimate of drug-likeness (QED) is 0.750. The third-order valence-corrected chi connectivity index (χ3v) is 2.98. The van der Waals surface area contributed by atoms with Gasteiger partial charge in [0.05, 0.1) is 39.9 Å². The van der Waals surface area contributed by atoms with Crippen LogP contribution in [-0.2, 0) is 4.74 Å². The minimum absolute atomic E-state index is 0.107. The molecular formula is C14H20F3NO3. The third kappa shape index (κ3) is 5.81. The van der Waals surface area contributed by atoms with E-state index in [2.05, 4.69) is 5.32 Å². The zero-order chi connectivity index (χ0) is 15.9. The Morgan fingerprint density at radius 1 is 1.19 bits per heavy atom. The minimum Gasteiger partial charge on any atom is -0.497 e. The average Bonchev–Trinajstić information content (AvgIpc) is 2.45. The molecule has 0 radical (unpaired) electrons. The van der Waals surface area contributed by atoms with Crippen LogP contribution in [0.25, 0.3) is 0 Å². The maximum Gasteiger partial charge on any atom is 0.391 e. The molecule has 0 bridgehead atoms. The first-order chi connectivity index (χ1) is 9.91. The molecule has 4 nitrogen and oxygen atoms in total. The predicted octanol–water partition coefficient (Wildman–Crippen LogP) is 2.93. The van der Waals surface area contributed by atoms with Crippen molar-refractivity contribution >= 4 is 0 Å². The highest BCUT2D eigenvalue weighted by Gasteiger charge is 2.26. The summed E-state index contributed by atoms with van der Waals surface area (Å²) in [6.07, 6.45) is -5.17. The van der Waals surface area contributed by atoms with E-state index in [0.29, 0.717) is 11.5 Å². The van der Waals surface area contributed by atoms with Crippen LogP contribution < -0.4 is 14.8 Å². The molecule has 0 spiro atoms. The number of benzene rings is 1. The fourth-order valence-electron chi connectivity index (χ4n) is 1.83. The number of halogens is 3. The minimum atomic E-state index is -4.21. The summed E-state index contributed by atoms with van der Waals surface area (Å²) >= 11 is 0. The van der Waals surface area contributed by atoms with Crippen LogP contribution in [0.15, 0.2) is 18.2 Å². The zero-order valence-electron chi connectivity index (χ0n) is 12.3. The Hall–Kier alpha value is -1.47. The number of alkyl halides is 3. The van der Waals surface area contributed by atoms with Crippen molar-refractivity contribution in [1.82, 2.24) is 5.32 Å². The lowest BCUT2D eigenvalue weighted by Gasteiger charge is -2.20. The monoisotopic (exact) mass is 307 g/mol. The van der Waals surface area contributed by atoms with E-state index in [1.54, 1.807) is 32.4 Å². The van der Waals surface area contributed by atoms with Crippen molar-refractivity contribution in [3.63, 3.8) is 0 Å². The molecule has 0 fully saturated rings. The highest BCUT2D eigenvalue weighted by Crippen LogP contribution is 2.29. The number of hydrogen-bond acceptors (Lipinski definition) is 4. The van der Waals surface area contributed by atoms with E-state index >= 15 is 0 Å². The van der Waals surface area contributed by atoms with Crippen LogP contribution in [0, 0.1) is 0 Å². The highest BCUT2D eigenvalue weighted by molar-refractivity contribution is 5.42. The molecule has 1 aromatic carbocycles. The average molecular weight is 307 g/mol. The van der Waals surface area contributed by atoms with E-state index in [-0.39, 0.29) is 19.3 Å². The molecule has 1 unspecified atom stereocenters. The van der Waals surface area contributed by atoms with Gasteiger partial charge in [-0.3, -0.25) is 0 Å². The van der Waals surface area contributed by atoms with Crippen LogP contribution in [0.5, 0.6) is 11.5 Å². The number of rotatable bonds is 8. The van der Waals surface area contributed by atoms with Gasteiger partial charge in [0.2, 0.25) is 0 Å². The summed E-state index contributed by atoms with van der Waals surface area (Å²) in [5.41, 5.74) is 0.770. The standard InChI is InChI=1S/C14H20F3NO3/c1-18-12(9-21-7-6-14(15,16)17)11-8-10(19-2)4-5-13(11)20-3/h4-5,8,12,18H,6-7,9H2,1-3H3. The molecule has 0 saturated heterocycles. The summed E-state index contributed by atoms with van der Waals surface area (Å²) in [6.45, 7) is -0.260. The Morgan fingerprint density at radius 2 is 1.90 bits per heavy atom. The Morgan fingerprint density at radius 3 is 2.43 bits per heavy atom. The van der Waals surface area contributed by atoms with Crippen molar-refractivity contribution in [3.8, 4) is 11.5 Å². The molecule has 0 amide bonds. The number of likely N-dealkylation sites (N-methyl/N-ethyl adjacent to an activating group) is 1. The number of methoxy groups -OCH3 is 2. The second-order valence-corrected chi connectivity index (χ2v) is 4.39. The first-order valence-electron chi connectivity index (χ1n) is 6.45. The van der Waals surface area contributed by atoms with Crippen molar-refractivity contribution < 1.29 is 27.4 Å². The lowest BCUT2D eigenvalue weighted by Crippen LogP contribution is -2.23. The number of nitrogens with one attached hydrogen (secondary N) is 1. The molecule has 7 heteroatoms. The van der Waals surface area contributed by atoms with E-state index in [1.807, 2.05) is 0 Å². The van der Waals surface area contributed by atoms with Crippen LogP contribution in [-0.4, -0.2) is 40.7 Å². The molecule has 0 aromatic heterocycles. The maximum absolute atomic E-state index is 12.1. The second-order valence-electron chi connectivity index (χ2n) is 4.39. The van der Waals surface area contributed by atoms with E-state index in [1.165, 1.54) is 7.11 Å². The van der Waals surface area contributed by atoms with Crippen molar-refractivity contribution in [2.24, 2.45) is 0 Å². The fourth-order valence-corrected chi connectivity index (χ4v) is 1.83. The van der Waals surface area contributed by atoms with Crippen LogP contribution in [0.1, 0.15) is 18.0 Å². The summed E-state index contributed by atoms with van der Waals surface area (Å²) in [7, 11) is 4.78. The molecule has 0 aliphatic heterocycles. The first kappa shape index (κ1) is 17.6. The summed E-state index contributed by atoms with van der Waals surface area (Å²) in [6, 6.07) is 4.98. The van der Waals surface area contributed by atoms with Crippen molar-refractivity contribution in [3.05, 3.63) is 23.8 Å². The normalized spacial score (nSPS) is 13.0. The highest BCUT2D eigenvalue weighted by atomic mass is 19.4. The van der Waals surface area contributed by atoms with Gasteiger partial charge < -0.3 is 19.5 Å². The summed E-state index contributed by atoms with van der Waals surface area (Å²) < 4.78 is 51.7. The van der Waals surface area contributed by atoms with Gasteiger partial charge in [0, 0.05) is 5.56 Å². The summed E-state index contributed by atoms with van der Waals surface area (Å²) in [4.78, 5) is 0. The van der Waals surface area contributed by atoms with Crippen molar-refractivity contribution in [2.45, 2.75) is 18.6 Å². The molecule has 0 heterocycles. The Bertz CT molecular complexity index is 438. The summed E-state index contributed by atoms with van der Waals surface area (Å²) in [5, 5.41) is 3.00. The van der Waals surface area contributed by atoms with Crippen LogP contribution in [0.4, 0.5) is 13.2 Å². The van der Waals surface area contributed by atoms with E-state index in [0.717, 1.165) is 5.56 Å². The molecular weight excluding hydrogens is 287 g/mol. The fraction of sp³-hybridized carbons (Fsp3) is 0.571. The third-order valence-electron chi connectivity index (χ3n) is 2.98. The lowest BCUT2D eigenvalue weighted by molar-refractivity contribution is -0.145. The van der Waals surface area contributed by atoms with Gasteiger partial charge >= 0.3 is 6.18 Å². The van der Waals surface area contributed by atoms with Gasteiger partial charge in [-0.1, -0.05) is 0 Å². The van der Waals surface area contributed by atoms with Gasteiger partial charge in [0.25, 0.3) is 0 Å². The Kier molecular flexibility index (Phi) is 6.77. The van der Waals surface area contributed by atoms with E-state index in [4.69, 9.17) is 14.2 Å². The summed E-state index contributed by atoms with van der Waals surface area (Å²) in [5.74, 6) is 1.26. The maximum atomic E-state index is 12.1. The molecule has 1 aromatic rings. The Labute approximate surface area is 122 Å². The van der Waals surface area contributed by atoms with E-state index in [9.17, 15) is 13.2 Å². The first-order valence-corrected chi connectivity index (χ1v) is 6.45.